The maximum Gasteiger partial charge on any atom is 0.516 e. The Hall–Kier alpha value is -2.07. The molecule has 0 atom stereocenters. The molecule has 5 nitrogen and oxygen atoms in total. The van der Waals surface area contributed by atoms with Crippen LogP contribution in [0.4, 0.5) is 18.9 Å². The summed E-state index contributed by atoms with van der Waals surface area (Å²) >= 11 is 0. The van der Waals surface area contributed by atoms with Gasteiger partial charge < -0.3 is 0 Å². The average Bonchev–Trinajstić information content (AvgIpc) is 2.54. The van der Waals surface area contributed by atoms with Crippen molar-refractivity contribution in [2.45, 2.75) is 28.6 Å². The molecule has 0 aliphatic rings. The monoisotopic (exact) mass is 393 g/mol. The van der Waals surface area contributed by atoms with Crippen LogP contribution >= 0.6 is 0 Å². The van der Waals surface area contributed by atoms with Gasteiger partial charge in [-0.05, 0) is 42.3 Å². The van der Waals surface area contributed by atoms with Crippen LogP contribution in [0, 0.1) is 0 Å². The molecule has 0 saturated carbocycles. The van der Waals surface area contributed by atoms with E-state index >= 15 is 0 Å². The van der Waals surface area contributed by atoms with Gasteiger partial charge in [0.1, 0.15) is 0 Å². The van der Waals surface area contributed by atoms with Gasteiger partial charge in [0.25, 0.3) is 0 Å². The fourth-order valence-corrected chi connectivity index (χ4v) is 4.00. The van der Waals surface area contributed by atoms with E-state index in [4.69, 9.17) is 0 Å². The third-order valence-corrected chi connectivity index (χ3v) is 6.24. The van der Waals surface area contributed by atoms with E-state index in [0.29, 0.717) is 0 Å². The number of hydrogen-bond acceptors (Lipinski definition) is 4. The highest BCUT2D eigenvalue weighted by atomic mass is 32.2. The summed E-state index contributed by atoms with van der Waals surface area (Å²) in [6.45, 7) is 1.57. The van der Waals surface area contributed by atoms with E-state index in [9.17, 15) is 30.0 Å². The van der Waals surface area contributed by atoms with Gasteiger partial charge in [-0.15, -0.1) is 0 Å². The van der Waals surface area contributed by atoms with E-state index in [2.05, 4.69) is 0 Å². The molecule has 0 bridgehead atoms. The molecule has 0 saturated heterocycles. The SMILES string of the molecule is CCc1cc(S(=O)(=O)c2ccccc2)ccc1NS(=O)(=O)C(F)(F)F. The molecule has 0 unspecified atom stereocenters. The lowest BCUT2D eigenvalue weighted by molar-refractivity contribution is -0.0429. The lowest BCUT2D eigenvalue weighted by atomic mass is 10.1. The van der Waals surface area contributed by atoms with Crippen LogP contribution in [0.25, 0.3) is 0 Å². The molecule has 25 heavy (non-hydrogen) atoms. The maximum absolute atomic E-state index is 12.5. The van der Waals surface area contributed by atoms with Crippen LogP contribution in [-0.4, -0.2) is 22.3 Å². The first kappa shape index (κ1) is 19.3. The normalized spacial score (nSPS) is 12.8. The predicted octanol–water partition coefficient (Wildman–Crippen LogP) is 3.34. The van der Waals surface area contributed by atoms with Crippen LogP contribution in [0.1, 0.15) is 12.5 Å². The van der Waals surface area contributed by atoms with Gasteiger partial charge in [-0.1, -0.05) is 25.1 Å². The Morgan fingerprint density at radius 1 is 0.920 bits per heavy atom. The van der Waals surface area contributed by atoms with Crippen LogP contribution in [0.5, 0.6) is 0 Å². The van der Waals surface area contributed by atoms with Gasteiger partial charge in [0, 0.05) is 0 Å². The third-order valence-electron chi connectivity index (χ3n) is 3.37. The van der Waals surface area contributed by atoms with Crippen molar-refractivity contribution in [3.8, 4) is 0 Å². The Kier molecular flexibility index (Phi) is 5.14. The quantitative estimate of drug-likeness (QED) is 0.845. The summed E-state index contributed by atoms with van der Waals surface area (Å²) in [5.74, 6) is 0. The minimum atomic E-state index is -5.58. The average molecular weight is 393 g/mol. The third kappa shape index (κ3) is 3.96. The molecule has 0 spiro atoms. The number of sulfone groups is 1. The zero-order valence-electron chi connectivity index (χ0n) is 12.9. The summed E-state index contributed by atoms with van der Waals surface area (Å²) in [5, 5.41) is 0. The Bertz CT molecular complexity index is 970. The lowest BCUT2D eigenvalue weighted by Crippen LogP contribution is -2.30. The van der Waals surface area contributed by atoms with Crippen LogP contribution in [0.3, 0.4) is 0 Å². The minimum absolute atomic E-state index is 0.0284. The molecular formula is C15H14F3NO4S2. The second-order valence-electron chi connectivity index (χ2n) is 5.04. The molecule has 2 rings (SSSR count). The summed E-state index contributed by atoms with van der Waals surface area (Å²) in [4.78, 5) is -0.105. The Balaban J connectivity index is 2.48. The Morgan fingerprint density at radius 3 is 2.04 bits per heavy atom. The van der Waals surface area contributed by atoms with Crippen molar-refractivity contribution >= 4 is 25.5 Å². The molecule has 2 aromatic rings. The Morgan fingerprint density at radius 2 is 1.52 bits per heavy atom. The van der Waals surface area contributed by atoms with E-state index in [0.717, 1.165) is 18.2 Å². The summed E-state index contributed by atoms with van der Waals surface area (Å²) < 4.78 is 86.5. The van der Waals surface area contributed by atoms with E-state index in [1.807, 2.05) is 0 Å². The number of alkyl halides is 3. The van der Waals surface area contributed by atoms with Gasteiger partial charge >= 0.3 is 15.5 Å². The second-order valence-corrected chi connectivity index (χ2v) is 8.66. The molecule has 10 heteroatoms. The van der Waals surface area contributed by atoms with E-state index < -0.39 is 25.4 Å². The zero-order valence-corrected chi connectivity index (χ0v) is 14.5. The number of benzene rings is 2. The van der Waals surface area contributed by atoms with Gasteiger partial charge in [-0.2, -0.15) is 21.6 Å². The van der Waals surface area contributed by atoms with Crippen molar-refractivity contribution < 1.29 is 30.0 Å². The molecule has 0 heterocycles. The van der Waals surface area contributed by atoms with Gasteiger partial charge in [0.05, 0.1) is 15.5 Å². The van der Waals surface area contributed by atoms with Crippen molar-refractivity contribution in [2.24, 2.45) is 0 Å². The maximum atomic E-state index is 12.5. The number of aryl methyl sites for hydroxylation is 1. The number of halogens is 3. The van der Waals surface area contributed by atoms with Crippen LogP contribution in [0.15, 0.2) is 58.3 Å². The topological polar surface area (TPSA) is 80.3 Å². The predicted molar refractivity (Wildman–Crippen MR) is 86.3 cm³/mol. The zero-order chi connectivity index (χ0) is 18.9. The summed E-state index contributed by atoms with van der Waals surface area (Å²) in [7, 11) is -9.44. The van der Waals surface area contributed by atoms with E-state index in [1.54, 1.807) is 25.1 Å². The number of hydrogen-bond donors (Lipinski definition) is 1. The van der Waals surface area contributed by atoms with E-state index in [1.165, 1.54) is 16.9 Å². The lowest BCUT2D eigenvalue weighted by Gasteiger charge is -2.15. The molecule has 0 amide bonds. The molecule has 0 aliphatic carbocycles. The van der Waals surface area contributed by atoms with Crippen molar-refractivity contribution in [3.05, 3.63) is 54.1 Å². The fraction of sp³-hybridized carbons (Fsp3) is 0.200. The van der Waals surface area contributed by atoms with Crippen LogP contribution in [-0.2, 0) is 26.3 Å². The first-order chi connectivity index (χ1) is 11.5. The number of anilines is 1. The summed E-state index contributed by atoms with van der Waals surface area (Å²) in [6.07, 6.45) is 0.133. The molecular weight excluding hydrogens is 379 g/mol. The molecule has 0 aliphatic heterocycles. The molecule has 0 aromatic heterocycles. The highest BCUT2D eigenvalue weighted by molar-refractivity contribution is 7.93. The first-order valence-electron chi connectivity index (χ1n) is 7.01. The summed E-state index contributed by atoms with van der Waals surface area (Å²) in [6, 6.07) is 10.7. The first-order valence-corrected chi connectivity index (χ1v) is 9.98. The van der Waals surface area contributed by atoms with Crippen molar-refractivity contribution in [3.63, 3.8) is 0 Å². The van der Waals surface area contributed by atoms with Gasteiger partial charge in [0.2, 0.25) is 9.84 Å². The molecule has 0 radical (unpaired) electrons. The number of rotatable bonds is 5. The highest BCUT2D eigenvalue weighted by Gasteiger charge is 2.46. The number of sulfonamides is 1. The smallest absolute Gasteiger partial charge is 0.276 e. The van der Waals surface area contributed by atoms with Crippen molar-refractivity contribution in [1.82, 2.24) is 0 Å². The summed E-state index contributed by atoms with van der Waals surface area (Å²) in [5.41, 5.74) is -5.65. The van der Waals surface area contributed by atoms with Crippen LogP contribution in [0.2, 0.25) is 0 Å². The largest absolute Gasteiger partial charge is 0.516 e. The molecule has 1 N–H and O–H groups in total. The molecule has 0 fully saturated rings. The fourth-order valence-electron chi connectivity index (χ4n) is 2.07. The van der Waals surface area contributed by atoms with Gasteiger partial charge in [0.15, 0.2) is 0 Å². The van der Waals surface area contributed by atoms with Crippen LogP contribution < -0.4 is 4.72 Å². The van der Waals surface area contributed by atoms with Gasteiger partial charge in [-0.3, -0.25) is 4.72 Å². The number of nitrogens with one attached hydrogen (secondary N) is 1. The second kappa shape index (κ2) is 6.68. The molecule has 136 valence electrons. The van der Waals surface area contributed by atoms with E-state index in [-0.39, 0.29) is 27.5 Å². The Labute approximate surface area is 143 Å². The van der Waals surface area contributed by atoms with Gasteiger partial charge in [-0.25, -0.2) is 8.42 Å². The highest BCUT2D eigenvalue weighted by Crippen LogP contribution is 2.30. The minimum Gasteiger partial charge on any atom is -0.276 e. The van der Waals surface area contributed by atoms with Crippen molar-refractivity contribution in [1.29, 1.82) is 0 Å². The standard InChI is InChI=1S/C15H14F3NO4S2/c1-2-11-10-13(24(20,21)12-6-4-3-5-7-12)8-9-14(11)19-25(22,23)15(16,17)18/h3-10,19H,2H2,1H3. The molecule has 2 aromatic carbocycles. The van der Waals surface area contributed by atoms with Crippen molar-refractivity contribution in [2.75, 3.05) is 4.72 Å².